The van der Waals surface area contributed by atoms with Crippen molar-refractivity contribution < 1.29 is 9.53 Å². The maximum absolute atomic E-state index is 14.0. The number of aromatic nitrogens is 4. The molecule has 43 heavy (non-hydrogen) atoms. The summed E-state index contributed by atoms with van der Waals surface area (Å²) in [5.74, 6) is 1.35. The largest absolute Gasteiger partial charge is 0.457 e. The molecule has 0 unspecified atom stereocenters. The average molecular weight is 576 g/mol. The van der Waals surface area contributed by atoms with Gasteiger partial charge in [-0.2, -0.15) is 0 Å². The predicted molar refractivity (Wildman–Crippen MR) is 168 cm³/mol. The number of carbonyl (C=O) groups is 1. The molecule has 2 aromatic heterocycles. The van der Waals surface area contributed by atoms with Crippen molar-refractivity contribution >= 4 is 28.6 Å². The van der Waals surface area contributed by atoms with E-state index in [-0.39, 0.29) is 17.4 Å². The Hall–Kier alpha value is -5.22. The standard InChI is InChI=1S/C33H33N7O3/c1-37(23-9-6-10-23)20-8-15-29(41)38(2)25-11-7-12-26(21-25)40-32-30(31(34)35-22-36-32)39(33(40)42)24-16-18-28(19-17-24)43-27-13-4-3-5-14-27/h3-5,7-8,11-19,21-23H,6,9-10,20H2,1-2H3,(H2,34,35,36). The van der Waals surface area contributed by atoms with Crippen LogP contribution in [0.15, 0.2) is 102 Å². The fraction of sp³-hybridized carbons (Fsp3) is 0.212. The second kappa shape index (κ2) is 11.9. The van der Waals surface area contributed by atoms with E-state index in [1.165, 1.54) is 34.7 Å². The van der Waals surface area contributed by atoms with Gasteiger partial charge in [0, 0.05) is 31.4 Å². The number of hydrogen-bond acceptors (Lipinski definition) is 7. The van der Waals surface area contributed by atoms with Crippen LogP contribution in [0.4, 0.5) is 11.5 Å². The van der Waals surface area contributed by atoms with Crippen molar-refractivity contribution in [1.29, 1.82) is 0 Å². The minimum absolute atomic E-state index is 0.154. The van der Waals surface area contributed by atoms with Crippen molar-refractivity contribution in [3.05, 3.63) is 108 Å². The minimum atomic E-state index is -0.371. The van der Waals surface area contributed by atoms with E-state index in [0.717, 1.165) is 6.54 Å². The van der Waals surface area contributed by atoms with E-state index in [1.54, 1.807) is 60.5 Å². The quantitative estimate of drug-likeness (QED) is 0.248. The van der Waals surface area contributed by atoms with Gasteiger partial charge in [-0.25, -0.2) is 19.3 Å². The van der Waals surface area contributed by atoms with Crippen LogP contribution in [0, 0.1) is 0 Å². The van der Waals surface area contributed by atoms with E-state index in [2.05, 4.69) is 21.9 Å². The van der Waals surface area contributed by atoms with Crippen molar-refractivity contribution in [3.63, 3.8) is 0 Å². The fourth-order valence-electron chi connectivity index (χ4n) is 5.18. The van der Waals surface area contributed by atoms with Crippen LogP contribution in [-0.2, 0) is 4.79 Å². The lowest BCUT2D eigenvalue weighted by atomic mass is 9.92. The normalized spacial score (nSPS) is 13.5. The zero-order valence-electron chi connectivity index (χ0n) is 24.1. The van der Waals surface area contributed by atoms with Gasteiger partial charge in [0.25, 0.3) is 0 Å². The number of nitrogens with two attached hydrogens (primary N) is 1. The molecule has 0 radical (unpaired) electrons. The molecule has 1 fully saturated rings. The molecule has 0 spiro atoms. The van der Waals surface area contributed by atoms with Gasteiger partial charge in [-0.1, -0.05) is 36.8 Å². The molecule has 1 aliphatic rings. The monoisotopic (exact) mass is 575 g/mol. The van der Waals surface area contributed by atoms with Crippen LogP contribution in [0.5, 0.6) is 11.5 Å². The van der Waals surface area contributed by atoms with Crippen LogP contribution in [0.1, 0.15) is 19.3 Å². The predicted octanol–water partition coefficient (Wildman–Crippen LogP) is 4.95. The third-order valence-electron chi connectivity index (χ3n) is 7.88. The van der Waals surface area contributed by atoms with Crippen LogP contribution < -0.4 is 21.1 Å². The van der Waals surface area contributed by atoms with Crippen LogP contribution in [-0.4, -0.2) is 56.6 Å². The van der Waals surface area contributed by atoms with Crippen molar-refractivity contribution in [3.8, 4) is 22.9 Å². The first-order valence-corrected chi connectivity index (χ1v) is 14.2. The van der Waals surface area contributed by atoms with Crippen LogP contribution in [0.25, 0.3) is 22.5 Å². The molecule has 3 aromatic carbocycles. The van der Waals surface area contributed by atoms with E-state index < -0.39 is 0 Å². The van der Waals surface area contributed by atoms with Gasteiger partial charge < -0.3 is 15.4 Å². The first-order valence-electron chi connectivity index (χ1n) is 14.2. The topological polar surface area (TPSA) is 112 Å². The highest BCUT2D eigenvalue weighted by Gasteiger charge is 2.22. The Morgan fingerprint density at radius 3 is 2.42 bits per heavy atom. The Morgan fingerprint density at radius 2 is 1.70 bits per heavy atom. The van der Waals surface area contributed by atoms with E-state index in [1.807, 2.05) is 42.5 Å². The lowest BCUT2D eigenvalue weighted by Crippen LogP contribution is -2.37. The van der Waals surface area contributed by atoms with E-state index >= 15 is 0 Å². The Bertz CT molecular complexity index is 1840. The average Bonchev–Trinajstić information content (AvgIpc) is 3.29. The van der Waals surface area contributed by atoms with E-state index in [0.29, 0.717) is 45.8 Å². The Balaban J connectivity index is 1.30. The molecular formula is C33H33N7O3. The Labute approximate surface area is 249 Å². The molecule has 1 aliphatic carbocycles. The number of fused-ring (bicyclic) bond motifs is 1. The third kappa shape index (κ3) is 5.64. The number of nitrogens with zero attached hydrogens (tertiary/aromatic N) is 6. The van der Waals surface area contributed by atoms with Gasteiger partial charge in [-0.05, 0) is 74.5 Å². The summed E-state index contributed by atoms with van der Waals surface area (Å²) in [4.78, 5) is 39.4. The highest BCUT2D eigenvalue weighted by Crippen LogP contribution is 2.27. The SMILES string of the molecule is CN(C(=O)C=CCN(C)C1CCC1)c1cccc(-n2c(=O)n(-c3ccc(Oc4ccccc4)cc3)c3c(N)ncnc32)c1. The molecule has 10 heteroatoms. The molecule has 6 rings (SSSR count). The van der Waals surface area contributed by atoms with Crippen molar-refractivity contribution in [1.82, 2.24) is 24.0 Å². The highest BCUT2D eigenvalue weighted by molar-refractivity contribution is 6.01. The van der Waals surface area contributed by atoms with Gasteiger partial charge in [-0.15, -0.1) is 0 Å². The summed E-state index contributed by atoms with van der Waals surface area (Å²) in [6, 6.07) is 24.4. The smallest absolute Gasteiger partial charge is 0.339 e. The molecule has 2 N–H and O–H groups in total. The summed E-state index contributed by atoms with van der Waals surface area (Å²) in [6.07, 6.45) is 8.53. The zero-order chi connectivity index (χ0) is 29.9. The highest BCUT2D eigenvalue weighted by atomic mass is 16.5. The molecule has 0 bridgehead atoms. The third-order valence-corrected chi connectivity index (χ3v) is 7.88. The lowest BCUT2D eigenvalue weighted by Gasteiger charge is -2.33. The first kappa shape index (κ1) is 27.9. The maximum atomic E-state index is 14.0. The molecule has 5 aromatic rings. The number of likely N-dealkylation sites (N-methyl/N-ethyl adjacent to an activating group) is 2. The van der Waals surface area contributed by atoms with Crippen LogP contribution in [0.2, 0.25) is 0 Å². The molecule has 2 heterocycles. The number of rotatable bonds is 9. The number of benzene rings is 3. The van der Waals surface area contributed by atoms with Gasteiger partial charge >= 0.3 is 5.69 Å². The number of carbonyl (C=O) groups excluding carboxylic acids is 1. The summed E-state index contributed by atoms with van der Waals surface area (Å²) < 4.78 is 8.88. The van der Waals surface area contributed by atoms with Gasteiger partial charge in [0.05, 0.1) is 11.4 Å². The van der Waals surface area contributed by atoms with Crippen molar-refractivity contribution in [2.24, 2.45) is 0 Å². The number of amides is 1. The summed E-state index contributed by atoms with van der Waals surface area (Å²) in [5.41, 5.74) is 8.42. The number of hydrogen-bond donors (Lipinski definition) is 1. The fourth-order valence-corrected chi connectivity index (χ4v) is 5.18. The van der Waals surface area contributed by atoms with E-state index in [9.17, 15) is 9.59 Å². The first-order chi connectivity index (χ1) is 20.9. The zero-order valence-corrected chi connectivity index (χ0v) is 24.1. The van der Waals surface area contributed by atoms with Gasteiger partial charge in [0.2, 0.25) is 5.91 Å². The second-order valence-corrected chi connectivity index (χ2v) is 10.6. The number of para-hydroxylation sites is 1. The molecule has 10 nitrogen and oxygen atoms in total. The summed E-state index contributed by atoms with van der Waals surface area (Å²) in [7, 11) is 3.80. The van der Waals surface area contributed by atoms with Gasteiger partial charge in [-0.3, -0.25) is 14.3 Å². The molecule has 0 aliphatic heterocycles. The summed E-state index contributed by atoms with van der Waals surface area (Å²) in [6.45, 7) is 0.722. The summed E-state index contributed by atoms with van der Waals surface area (Å²) in [5, 5.41) is 0. The maximum Gasteiger partial charge on any atom is 0.339 e. The van der Waals surface area contributed by atoms with E-state index in [4.69, 9.17) is 10.5 Å². The number of nitrogen functional groups attached to an aromatic ring is 1. The van der Waals surface area contributed by atoms with Crippen LogP contribution >= 0.6 is 0 Å². The van der Waals surface area contributed by atoms with Crippen LogP contribution in [0.3, 0.4) is 0 Å². The molecule has 0 atom stereocenters. The molecular weight excluding hydrogens is 542 g/mol. The van der Waals surface area contributed by atoms with Crippen molar-refractivity contribution in [2.75, 3.05) is 31.3 Å². The lowest BCUT2D eigenvalue weighted by molar-refractivity contribution is -0.113. The Kier molecular flexibility index (Phi) is 7.76. The van der Waals surface area contributed by atoms with Gasteiger partial charge in [0.15, 0.2) is 11.5 Å². The number of anilines is 2. The number of ether oxygens (including phenoxy) is 1. The molecule has 0 saturated heterocycles. The molecule has 1 amide bonds. The summed E-state index contributed by atoms with van der Waals surface area (Å²) >= 11 is 0. The molecule has 1 saturated carbocycles. The van der Waals surface area contributed by atoms with Gasteiger partial charge in [0.1, 0.15) is 23.3 Å². The van der Waals surface area contributed by atoms with Crippen molar-refractivity contribution in [2.45, 2.75) is 25.3 Å². The molecule has 218 valence electrons. The minimum Gasteiger partial charge on any atom is -0.457 e. The number of imidazole rings is 1. The Morgan fingerprint density at radius 1 is 0.953 bits per heavy atom. The second-order valence-electron chi connectivity index (χ2n) is 10.6.